The van der Waals surface area contributed by atoms with Crippen LogP contribution in [0.4, 0.5) is 5.13 Å². The van der Waals surface area contributed by atoms with Crippen LogP contribution in [0.5, 0.6) is 0 Å². The van der Waals surface area contributed by atoms with Crippen molar-refractivity contribution in [3.63, 3.8) is 0 Å². The van der Waals surface area contributed by atoms with Crippen molar-refractivity contribution in [3.05, 3.63) is 151 Å². The molecule has 5 heterocycles. The van der Waals surface area contributed by atoms with Crippen LogP contribution in [0.2, 0.25) is 0 Å². The number of aryl methyl sites for hydroxylation is 2. The number of fused-ring (bicyclic) bond motifs is 5. The lowest BCUT2D eigenvalue weighted by atomic mass is 10.2. The lowest BCUT2D eigenvalue weighted by molar-refractivity contribution is 1.06. The molecule has 0 amide bonds. The summed E-state index contributed by atoms with van der Waals surface area (Å²) in [5, 5.41) is 5.05. The van der Waals surface area contributed by atoms with Gasteiger partial charge in [0.25, 0.3) is 0 Å². The molecule has 10 nitrogen and oxygen atoms in total. The van der Waals surface area contributed by atoms with Crippen molar-refractivity contribution in [1.82, 2.24) is 24.9 Å². The zero-order valence-electron chi connectivity index (χ0n) is 30.2. The van der Waals surface area contributed by atoms with Gasteiger partial charge in [0.2, 0.25) is 0 Å². The fourth-order valence-corrected chi connectivity index (χ4v) is 9.67. The van der Waals surface area contributed by atoms with E-state index < -0.39 is 0 Å². The van der Waals surface area contributed by atoms with Crippen LogP contribution in [0.3, 0.4) is 0 Å². The summed E-state index contributed by atoms with van der Waals surface area (Å²) in [6, 6.07) is 30.6. The summed E-state index contributed by atoms with van der Waals surface area (Å²) in [4.78, 5) is 23.9. The summed E-state index contributed by atoms with van der Waals surface area (Å²) in [6.45, 7) is 5.07. The number of hydrogen-bond acceptors (Lipinski definition) is 13. The van der Waals surface area contributed by atoms with Crippen molar-refractivity contribution in [3.8, 4) is 0 Å². The van der Waals surface area contributed by atoms with E-state index >= 15 is 0 Å². The number of alkyl halides is 1. The molecule has 56 heavy (non-hydrogen) atoms. The number of aromatic nitrogens is 5. The first-order chi connectivity index (χ1) is 27.4. The molecule has 4 N–H and O–H groups in total. The van der Waals surface area contributed by atoms with Crippen LogP contribution in [-0.4, -0.2) is 24.9 Å². The first kappa shape index (κ1) is 40.8. The summed E-state index contributed by atoms with van der Waals surface area (Å²) >= 11 is 11.6. The van der Waals surface area contributed by atoms with Gasteiger partial charge in [0, 0.05) is 16.8 Å². The van der Waals surface area contributed by atoms with Gasteiger partial charge in [-0.15, -0.1) is 45.3 Å². The Hall–Kier alpha value is -4.90. The summed E-state index contributed by atoms with van der Waals surface area (Å²) in [5.41, 5.74) is 37.9. The molecular weight excluding hydrogens is 861 g/mol. The molecule has 0 aliphatic rings. The molecule has 0 saturated heterocycles. The van der Waals surface area contributed by atoms with Gasteiger partial charge in [-0.3, -0.25) is 0 Å². The largest absolute Gasteiger partial charge is 0.375 e. The second-order valence-corrected chi connectivity index (χ2v) is 17.0. The molecule has 0 aliphatic carbocycles. The molecule has 0 saturated carbocycles. The molecule has 0 bridgehead atoms. The standard InChI is InChI=1S/C8H6BrNS.C8H6N4S.2C8H8N2S.C8H7NS/c9-4-6-2-1-3-7-8(6)10-5-11-7;9-12-11-4-6-2-1-3-7-8(6)10-5-13-7;1-5-3-2-4-6-7(5)10-8(9)11-6;9-4-6-2-1-3-7-8(6)10-5-11-7;1-6-3-2-4-7-8(6)9-5-10-7/h1-3,5H,4H2;1-3,5H,4H2;2-4H,1H3,(H2,9,10);1-3,5H,4,9H2;2-5H,1H3. The van der Waals surface area contributed by atoms with Crippen molar-refractivity contribution in [2.75, 3.05) is 5.73 Å². The van der Waals surface area contributed by atoms with E-state index in [0.717, 1.165) is 48.7 Å². The Morgan fingerprint density at radius 3 is 1.52 bits per heavy atom. The average Bonchev–Trinajstić information content (AvgIpc) is 4.07. The van der Waals surface area contributed by atoms with Crippen molar-refractivity contribution in [1.29, 1.82) is 0 Å². The molecule has 0 atom stereocenters. The number of para-hydroxylation sites is 5. The SMILES string of the molecule is BrCc1cccc2scnc12.Cc1cccc2sc(N)nc12.Cc1cccc2scnc12.NCc1cccc2scnc12.[N-]=[N+]=NCc1cccc2scnc12. The zero-order chi connectivity index (χ0) is 39.3. The number of nitrogens with zero attached hydrogens (tertiary/aromatic N) is 8. The molecule has 282 valence electrons. The Bertz CT molecular complexity index is 2780. The van der Waals surface area contributed by atoms with Crippen LogP contribution in [-0.2, 0) is 18.4 Å². The van der Waals surface area contributed by atoms with Gasteiger partial charge in [0.15, 0.2) is 5.13 Å². The number of azide groups is 1. The highest BCUT2D eigenvalue weighted by atomic mass is 79.9. The number of thiazole rings is 5. The third-order valence-electron chi connectivity index (χ3n) is 8.20. The molecule has 5 aromatic carbocycles. The number of hydrogen-bond donors (Lipinski definition) is 2. The van der Waals surface area contributed by atoms with E-state index in [0.29, 0.717) is 18.2 Å². The van der Waals surface area contributed by atoms with Gasteiger partial charge in [-0.05, 0) is 77.5 Å². The van der Waals surface area contributed by atoms with E-state index in [1.165, 1.54) is 46.8 Å². The van der Waals surface area contributed by atoms with E-state index in [-0.39, 0.29) is 0 Å². The molecule has 5 aromatic heterocycles. The van der Waals surface area contributed by atoms with Gasteiger partial charge >= 0.3 is 0 Å². The highest BCUT2D eigenvalue weighted by Gasteiger charge is 2.03. The quantitative estimate of drug-likeness (QED) is 0.0768. The topological polar surface area (TPSA) is 165 Å². The molecular formula is C40H35BrN10S5. The smallest absolute Gasteiger partial charge is 0.181 e. The monoisotopic (exact) mass is 894 g/mol. The van der Waals surface area contributed by atoms with E-state index in [1.807, 2.05) is 72.0 Å². The van der Waals surface area contributed by atoms with E-state index in [4.69, 9.17) is 17.0 Å². The average molecular weight is 896 g/mol. The van der Waals surface area contributed by atoms with Crippen LogP contribution in [0.15, 0.2) is 118 Å². The van der Waals surface area contributed by atoms with E-state index in [2.05, 4.69) is 100 Å². The summed E-state index contributed by atoms with van der Waals surface area (Å²) in [5.74, 6) is 0. The highest BCUT2D eigenvalue weighted by molar-refractivity contribution is 9.08. The third kappa shape index (κ3) is 10.3. The minimum Gasteiger partial charge on any atom is -0.375 e. The van der Waals surface area contributed by atoms with E-state index in [1.54, 1.807) is 50.9 Å². The lowest BCUT2D eigenvalue weighted by Gasteiger charge is -1.95. The van der Waals surface area contributed by atoms with Crippen LogP contribution in [0, 0.1) is 13.8 Å². The Morgan fingerprint density at radius 1 is 0.589 bits per heavy atom. The highest BCUT2D eigenvalue weighted by Crippen LogP contribution is 2.26. The minimum absolute atomic E-state index is 0.373. The Balaban J connectivity index is 0.000000119. The summed E-state index contributed by atoms with van der Waals surface area (Å²) < 4.78 is 6.06. The van der Waals surface area contributed by atoms with Crippen LogP contribution in [0.25, 0.3) is 61.5 Å². The Kier molecular flexibility index (Phi) is 14.8. The molecule has 10 aromatic rings. The maximum Gasteiger partial charge on any atom is 0.181 e. The fourth-order valence-electron chi connectivity index (χ4n) is 5.48. The number of anilines is 1. The number of nitrogen functional groups attached to an aromatic ring is 1. The van der Waals surface area contributed by atoms with Crippen molar-refractivity contribution in [2.24, 2.45) is 10.8 Å². The molecule has 10 rings (SSSR count). The maximum absolute atomic E-state index is 8.19. The molecule has 0 spiro atoms. The zero-order valence-corrected chi connectivity index (χ0v) is 35.9. The van der Waals surface area contributed by atoms with Crippen LogP contribution >= 0.6 is 72.6 Å². The van der Waals surface area contributed by atoms with Gasteiger partial charge in [0.05, 0.1) is 79.7 Å². The molecule has 0 aliphatic heterocycles. The van der Waals surface area contributed by atoms with E-state index in [9.17, 15) is 0 Å². The van der Waals surface area contributed by atoms with Crippen molar-refractivity contribution in [2.45, 2.75) is 32.3 Å². The molecule has 0 unspecified atom stereocenters. The fraction of sp³-hybridized carbons (Fsp3) is 0.125. The lowest BCUT2D eigenvalue weighted by Crippen LogP contribution is -1.96. The number of benzene rings is 5. The predicted octanol–water partition coefficient (Wildman–Crippen LogP) is 12.8. The number of rotatable bonds is 4. The molecule has 16 heteroatoms. The van der Waals surface area contributed by atoms with Gasteiger partial charge in [-0.1, -0.05) is 93.0 Å². The summed E-state index contributed by atoms with van der Waals surface area (Å²) in [6.07, 6.45) is 0. The second-order valence-electron chi connectivity index (χ2n) is 11.8. The number of halogens is 1. The first-order valence-corrected chi connectivity index (χ1v) is 22.5. The number of nitrogens with two attached hydrogens (primary N) is 2. The third-order valence-corrected chi connectivity index (χ3v) is 12.8. The Labute approximate surface area is 351 Å². The molecule has 0 radical (unpaired) electrons. The maximum atomic E-state index is 8.19. The van der Waals surface area contributed by atoms with Crippen molar-refractivity contribution < 1.29 is 0 Å². The second kappa shape index (κ2) is 20.3. The predicted molar refractivity (Wildman–Crippen MR) is 245 cm³/mol. The van der Waals surface area contributed by atoms with Gasteiger partial charge in [-0.2, -0.15) is 0 Å². The van der Waals surface area contributed by atoms with Crippen LogP contribution < -0.4 is 11.5 Å². The van der Waals surface area contributed by atoms with Gasteiger partial charge in [-0.25, -0.2) is 24.9 Å². The van der Waals surface area contributed by atoms with Crippen LogP contribution in [0.1, 0.15) is 27.8 Å². The normalized spacial score (nSPS) is 10.4. The molecule has 0 fully saturated rings. The minimum atomic E-state index is 0.373. The Morgan fingerprint density at radius 2 is 1.02 bits per heavy atom. The summed E-state index contributed by atoms with van der Waals surface area (Å²) in [7, 11) is 0. The first-order valence-electron chi connectivity index (χ1n) is 17.0. The van der Waals surface area contributed by atoms with Gasteiger partial charge in [0.1, 0.15) is 0 Å². The van der Waals surface area contributed by atoms with Crippen molar-refractivity contribution >= 4 is 129 Å². The van der Waals surface area contributed by atoms with Gasteiger partial charge < -0.3 is 11.5 Å².